The van der Waals surface area contributed by atoms with Crippen LogP contribution in [0.4, 0.5) is 0 Å². The van der Waals surface area contributed by atoms with Crippen molar-refractivity contribution in [2.24, 2.45) is 5.73 Å². The van der Waals surface area contributed by atoms with E-state index in [4.69, 9.17) is 10.5 Å². The standard InChI is InChI=1S/C20H21N5O2/c1-14-8-15(11-21)9-19(23-14)27-18-5-2-4-16(10-18)20(26)24-12-17(13-24)25-7-3-6-22-25/h2-10,17H,11-13,21H2,1H3. The molecule has 0 saturated carbocycles. The number of rotatable bonds is 5. The lowest BCUT2D eigenvalue weighted by atomic mass is 10.1. The second-order valence-electron chi connectivity index (χ2n) is 6.64. The van der Waals surface area contributed by atoms with E-state index in [-0.39, 0.29) is 11.9 Å². The molecule has 4 rings (SSSR count). The van der Waals surface area contributed by atoms with Crippen molar-refractivity contribution >= 4 is 5.91 Å². The number of nitrogens with two attached hydrogens (primary N) is 1. The summed E-state index contributed by atoms with van der Waals surface area (Å²) in [6.07, 6.45) is 3.67. The van der Waals surface area contributed by atoms with E-state index in [1.54, 1.807) is 18.3 Å². The van der Waals surface area contributed by atoms with Gasteiger partial charge in [0.2, 0.25) is 5.88 Å². The zero-order valence-corrected chi connectivity index (χ0v) is 15.1. The lowest BCUT2D eigenvalue weighted by Gasteiger charge is -2.39. The number of hydrogen-bond acceptors (Lipinski definition) is 5. The van der Waals surface area contributed by atoms with Crippen molar-refractivity contribution < 1.29 is 9.53 Å². The summed E-state index contributed by atoms with van der Waals surface area (Å²) < 4.78 is 7.74. The highest BCUT2D eigenvalue weighted by Crippen LogP contribution is 2.26. The topological polar surface area (TPSA) is 86.3 Å². The van der Waals surface area contributed by atoms with Gasteiger partial charge in [0.25, 0.3) is 5.91 Å². The van der Waals surface area contributed by atoms with Gasteiger partial charge in [0, 0.05) is 49.4 Å². The Morgan fingerprint density at radius 1 is 1.26 bits per heavy atom. The van der Waals surface area contributed by atoms with Crippen molar-refractivity contribution in [2.45, 2.75) is 19.5 Å². The van der Waals surface area contributed by atoms with Crippen LogP contribution < -0.4 is 10.5 Å². The molecule has 7 nitrogen and oxygen atoms in total. The minimum atomic E-state index is -0.0105. The first-order valence-electron chi connectivity index (χ1n) is 8.86. The SMILES string of the molecule is Cc1cc(CN)cc(Oc2cccc(C(=O)N3CC(n4cccn4)C3)c2)n1. The van der Waals surface area contributed by atoms with E-state index in [0.717, 1.165) is 11.3 Å². The zero-order valence-electron chi connectivity index (χ0n) is 15.1. The summed E-state index contributed by atoms with van der Waals surface area (Å²) in [4.78, 5) is 18.9. The van der Waals surface area contributed by atoms with E-state index in [2.05, 4.69) is 10.1 Å². The first kappa shape index (κ1) is 17.2. The Labute approximate surface area is 157 Å². The molecule has 1 aliphatic heterocycles. The Morgan fingerprint density at radius 3 is 2.85 bits per heavy atom. The molecule has 1 aromatic carbocycles. The largest absolute Gasteiger partial charge is 0.439 e. The maximum absolute atomic E-state index is 12.7. The number of likely N-dealkylation sites (tertiary alicyclic amines) is 1. The van der Waals surface area contributed by atoms with Crippen LogP contribution in [0.5, 0.6) is 11.6 Å². The molecule has 0 bridgehead atoms. The summed E-state index contributed by atoms with van der Waals surface area (Å²) in [5.41, 5.74) is 8.09. The third kappa shape index (κ3) is 3.68. The number of carbonyl (C=O) groups excluding carboxylic acids is 1. The number of nitrogens with zero attached hydrogens (tertiary/aromatic N) is 4. The number of ether oxygens (including phenoxy) is 1. The zero-order chi connectivity index (χ0) is 18.8. The van der Waals surface area contributed by atoms with Gasteiger partial charge in [-0.05, 0) is 42.8 Å². The molecule has 27 heavy (non-hydrogen) atoms. The van der Waals surface area contributed by atoms with Gasteiger partial charge in [-0.3, -0.25) is 9.48 Å². The van der Waals surface area contributed by atoms with Crippen LogP contribution in [0.3, 0.4) is 0 Å². The first-order chi connectivity index (χ1) is 13.1. The minimum absolute atomic E-state index is 0.0105. The highest BCUT2D eigenvalue weighted by Gasteiger charge is 2.32. The van der Waals surface area contributed by atoms with Crippen molar-refractivity contribution in [1.82, 2.24) is 19.7 Å². The number of pyridine rings is 1. The smallest absolute Gasteiger partial charge is 0.254 e. The van der Waals surface area contributed by atoms with Crippen molar-refractivity contribution in [1.29, 1.82) is 0 Å². The average Bonchev–Trinajstić information content (AvgIpc) is 3.14. The normalized spacial score (nSPS) is 14.1. The number of benzene rings is 1. The van der Waals surface area contributed by atoms with Crippen LogP contribution in [0, 0.1) is 6.92 Å². The highest BCUT2D eigenvalue weighted by molar-refractivity contribution is 5.95. The van der Waals surface area contributed by atoms with E-state index in [1.807, 2.05) is 53.0 Å². The van der Waals surface area contributed by atoms with E-state index in [9.17, 15) is 4.79 Å². The fourth-order valence-electron chi connectivity index (χ4n) is 3.16. The molecule has 0 aliphatic carbocycles. The fourth-order valence-corrected chi connectivity index (χ4v) is 3.16. The molecule has 0 spiro atoms. The van der Waals surface area contributed by atoms with E-state index in [0.29, 0.717) is 36.8 Å². The lowest BCUT2D eigenvalue weighted by Crippen LogP contribution is -2.50. The Morgan fingerprint density at radius 2 is 2.11 bits per heavy atom. The minimum Gasteiger partial charge on any atom is -0.439 e. The van der Waals surface area contributed by atoms with E-state index < -0.39 is 0 Å². The van der Waals surface area contributed by atoms with Crippen LogP contribution in [-0.2, 0) is 6.54 Å². The summed E-state index contributed by atoms with van der Waals surface area (Å²) in [5, 5.41) is 4.23. The Kier molecular flexibility index (Phi) is 4.60. The summed E-state index contributed by atoms with van der Waals surface area (Å²) in [7, 11) is 0. The number of hydrogen-bond donors (Lipinski definition) is 1. The third-order valence-corrected chi connectivity index (χ3v) is 4.58. The quantitative estimate of drug-likeness (QED) is 0.753. The molecular formula is C20H21N5O2. The molecule has 1 saturated heterocycles. The van der Waals surface area contributed by atoms with Gasteiger partial charge in [0.1, 0.15) is 5.75 Å². The molecule has 138 valence electrons. The molecule has 3 heterocycles. The predicted octanol–water partition coefficient (Wildman–Crippen LogP) is 2.53. The van der Waals surface area contributed by atoms with Crippen LogP contribution >= 0.6 is 0 Å². The van der Waals surface area contributed by atoms with Crippen LogP contribution in [0.15, 0.2) is 54.9 Å². The fraction of sp³-hybridized carbons (Fsp3) is 0.250. The maximum Gasteiger partial charge on any atom is 0.254 e. The molecule has 0 unspecified atom stereocenters. The van der Waals surface area contributed by atoms with Crippen molar-refractivity contribution in [3.63, 3.8) is 0 Å². The lowest BCUT2D eigenvalue weighted by molar-refractivity contribution is 0.0501. The molecule has 3 aromatic rings. The van der Waals surface area contributed by atoms with Gasteiger partial charge in [-0.15, -0.1) is 0 Å². The van der Waals surface area contributed by atoms with Crippen molar-refractivity contribution in [3.8, 4) is 11.6 Å². The van der Waals surface area contributed by atoms with E-state index in [1.165, 1.54) is 0 Å². The average molecular weight is 363 g/mol. The van der Waals surface area contributed by atoms with E-state index >= 15 is 0 Å². The Balaban J connectivity index is 1.45. The maximum atomic E-state index is 12.7. The molecule has 7 heteroatoms. The summed E-state index contributed by atoms with van der Waals surface area (Å²) >= 11 is 0. The van der Waals surface area contributed by atoms with Gasteiger partial charge in [-0.2, -0.15) is 5.10 Å². The molecular weight excluding hydrogens is 342 g/mol. The molecule has 1 amide bonds. The second-order valence-corrected chi connectivity index (χ2v) is 6.64. The van der Waals surface area contributed by atoms with Gasteiger partial charge >= 0.3 is 0 Å². The number of aromatic nitrogens is 3. The molecule has 1 aliphatic rings. The first-order valence-corrected chi connectivity index (χ1v) is 8.86. The molecule has 2 N–H and O–H groups in total. The summed E-state index contributed by atoms with van der Waals surface area (Å²) in [5.74, 6) is 1.04. The van der Waals surface area contributed by atoms with Crippen LogP contribution in [-0.4, -0.2) is 38.7 Å². The van der Waals surface area contributed by atoms with Gasteiger partial charge in [-0.1, -0.05) is 6.07 Å². The monoisotopic (exact) mass is 363 g/mol. The van der Waals surface area contributed by atoms with Gasteiger partial charge in [0.15, 0.2) is 0 Å². The molecule has 0 radical (unpaired) electrons. The Hall–Kier alpha value is -3.19. The predicted molar refractivity (Wildman–Crippen MR) is 101 cm³/mol. The van der Waals surface area contributed by atoms with Gasteiger partial charge < -0.3 is 15.4 Å². The number of amides is 1. The summed E-state index contributed by atoms with van der Waals surface area (Å²) in [6, 6.07) is 13.0. The number of aryl methyl sites for hydroxylation is 1. The highest BCUT2D eigenvalue weighted by atomic mass is 16.5. The van der Waals surface area contributed by atoms with Crippen molar-refractivity contribution in [3.05, 3.63) is 71.7 Å². The third-order valence-electron chi connectivity index (χ3n) is 4.58. The summed E-state index contributed by atoms with van der Waals surface area (Å²) in [6.45, 7) is 3.63. The van der Waals surface area contributed by atoms with Gasteiger partial charge in [0.05, 0.1) is 6.04 Å². The molecule has 2 aromatic heterocycles. The van der Waals surface area contributed by atoms with Crippen LogP contribution in [0.25, 0.3) is 0 Å². The van der Waals surface area contributed by atoms with Crippen LogP contribution in [0.1, 0.15) is 27.7 Å². The van der Waals surface area contributed by atoms with Gasteiger partial charge in [-0.25, -0.2) is 4.98 Å². The number of carbonyl (C=O) groups is 1. The Bertz CT molecular complexity index is 949. The van der Waals surface area contributed by atoms with Crippen LogP contribution in [0.2, 0.25) is 0 Å². The molecule has 1 fully saturated rings. The van der Waals surface area contributed by atoms with Crippen molar-refractivity contribution in [2.75, 3.05) is 13.1 Å². The molecule has 0 atom stereocenters. The second kappa shape index (κ2) is 7.20.